The van der Waals surface area contributed by atoms with Gasteiger partial charge in [0, 0.05) is 25.8 Å². The Kier molecular flexibility index (Phi) is 5.76. The Balaban J connectivity index is 1.85. The average Bonchev–Trinajstić information content (AvgIpc) is 2.70. The zero-order chi connectivity index (χ0) is 16.9. The predicted molar refractivity (Wildman–Crippen MR) is 86.4 cm³/mol. The second-order valence-corrected chi connectivity index (χ2v) is 7.83. The van der Waals surface area contributed by atoms with Crippen LogP contribution in [0, 0.1) is 0 Å². The monoisotopic (exact) mass is 338 g/mol. The van der Waals surface area contributed by atoms with Crippen LogP contribution in [0.25, 0.3) is 0 Å². The van der Waals surface area contributed by atoms with E-state index in [0.29, 0.717) is 19.5 Å². The van der Waals surface area contributed by atoms with Crippen molar-refractivity contribution in [2.75, 3.05) is 19.3 Å². The molecule has 0 radical (unpaired) electrons. The molecule has 0 spiro atoms. The largest absolute Gasteiger partial charge is 0.350 e. The maximum absolute atomic E-state index is 12.0. The van der Waals surface area contributed by atoms with Crippen molar-refractivity contribution < 1.29 is 18.0 Å². The number of nitrogens with one attached hydrogen (secondary N) is 1. The number of carbonyl (C=O) groups excluding carboxylic acids is 2. The van der Waals surface area contributed by atoms with Crippen molar-refractivity contribution in [2.24, 2.45) is 0 Å². The Hall–Kier alpha value is -1.89. The van der Waals surface area contributed by atoms with Crippen LogP contribution < -0.4 is 5.32 Å². The smallest absolute Gasteiger partial charge is 0.239 e. The summed E-state index contributed by atoms with van der Waals surface area (Å²) in [7, 11) is -3.21. The van der Waals surface area contributed by atoms with E-state index in [0.717, 1.165) is 31.1 Å². The molecule has 0 aliphatic carbocycles. The number of hydrogen-bond donors (Lipinski definition) is 1. The Labute approximate surface area is 136 Å². The molecule has 1 saturated heterocycles. The van der Waals surface area contributed by atoms with Crippen molar-refractivity contribution in [3.63, 3.8) is 0 Å². The van der Waals surface area contributed by atoms with E-state index >= 15 is 0 Å². The molecule has 2 rings (SSSR count). The van der Waals surface area contributed by atoms with Crippen molar-refractivity contribution in [3.05, 3.63) is 29.8 Å². The number of sulfone groups is 1. The Morgan fingerprint density at radius 2 is 1.87 bits per heavy atom. The number of benzene rings is 1. The van der Waals surface area contributed by atoms with Gasteiger partial charge in [-0.25, -0.2) is 8.42 Å². The zero-order valence-electron chi connectivity index (χ0n) is 13.2. The molecular formula is C16H22N2O4S. The summed E-state index contributed by atoms with van der Waals surface area (Å²) in [4.78, 5) is 25.7. The lowest BCUT2D eigenvalue weighted by Crippen LogP contribution is -2.40. The number of rotatable bonds is 5. The van der Waals surface area contributed by atoms with Crippen LogP contribution in [0.1, 0.15) is 31.2 Å². The van der Waals surface area contributed by atoms with Crippen LogP contribution in [0.5, 0.6) is 0 Å². The third-order valence-electron chi connectivity index (χ3n) is 3.85. The maximum atomic E-state index is 12.0. The fourth-order valence-corrected chi connectivity index (χ4v) is 3.12. The van der Waals surface area contributed by atoms with E-state index in [2.05, 4.69) is 5.32 Å². The molecule has 126 valence electrons. The van der Waals surface area contributed by atoms with Gasteiger partial charge in [-0.15, -0.1) is 0 Å². The lowest BCUT2D eigenvalue weighted by atomic mass is 10.2. The third kappa shape index (κ3) is 5.35. The maximum Gasteiger partial charge on any atom is 0.239 e. The molecule has 2 amide bonds. The van der Waals surface area contributed by atoms with E-state index in [1.54, 1.807) is 17.0 Å². The van der Waals surface area contributed by atoms with Gasteiger partial charge in [0.2, 0.25) is 11.8 Å². The van der Waals surface area contributed by atoms with E-state index in [1.807, 2.05) is 0 Å². The summed E-state index contributed by atoms with van der Waals surface area (Å²) < 4.78 is 22.8. The van der Waals surface area contributed by atoms with E-state index in [1.165, 1.54) is 12.1 Å². The first-order valence-corrected chi connectivity index (χ1v) is 9.59. The standard InChI is InChI=1S/C16H22N2O4S/c1-23(21,22)14-8-6-13(7-9-14)11-17-15(19)12-18-10-4-2-3-5-16(18)20/h6-9H,2-5,10-12H2,1H3,(H,17,19). The summed E-state index contributed by atoms with van der Waals surface area (Å²) in [5.41, 5.74) is 0.813. The first kappa shape index (κ1) is 17.5. The number of carbonyl (C=O) groups is 2. The quantitative estimate of drug-likeness (QED) is 0.872. The molecule has 7 heteroatoms. The van der Waals surface area contributed by atoms with Gasteiger partial charge in [-0.2, -0.15) is 0 Å². The van der Waals surface area contributed by atoms with E-state index in [-0.39, 0.29) is 23.3 Å². The molecule has 1 aromatic carbocycles. The molecule has 0 bridgehead atoms. The summed E-state index contributed by atoms with van der Waals surface area (Å²) >= 11 is 0. The average molecular weight is 338 g/mol. The molecule has 6 nitrogen and oxygen atoms in total. The summed E-state index contributed by atoms with van der Waals surface area (Å²) in [5.74, 6) is -0.164. The number of amides is 2. The minimum Gasteiger partial charge on any atom is -0.350 e. The first-order chi connectivity index (χ1) is 10.9. The molecule has 0 unspecified atom stereocenters. The third-order valence-corrected chi connectivity index (χ3v) is 4.98. The van der Waals surface area contributed by atoms with Crippen molar-refractivity contribution in [3.8, 4) is 0 Å². The van der Waals surface area contributed by atoms with Crippen LogP contribution in [0.15, 0.2) is 29.2 Å². The molecule has 1 fully saturated rings. The molecule has 23 heavy (non-hydrogen) atoms. The van der Waals surface area contributed by atoms with Gasteiger partial charge in [-0.1, -0.05) is 18.6 Å². The minimum atomic E-state index is -3.21. The van der Waals surface area contributed by atoms with Gasteiger partial charge in [-0.05, 0) is 30.5 Å². The van der Waals surface area contributed by atoms with Gasteiger partial charge < -0.3 is 10.2 Å². The molecule has 1 N–H and O–H groups in total. The van der Waals surface area contributed by atoms with E-state index in [9.17, 15) is 18.0 Å². The number of nitrogens with zero attached hydrogens (tertiary/aromatic N) is 1. The molecule has 1 aliphatic heterocycles. The first-order valence-electron chi connectivity index (χ1n) is 7.70. The lowest BCUT2D eigenvalue weighted by molar-refractivity contribution is -0.135. The van der Waals surface area contributed by atoms with Gasteiger partial charge >= 0.3 is 0 Å². The second-order valence-electron chi connectivity index (χ2n) is 5.82. The van der Waals surface area contributed by atoms with Gasteiger partial charge in [0.25, 0.3) is 0 Å². The Morgan fingerprint density at radius 3 is 2.52 bits per heavy atom. The number of likely N-dealkylation sites (tertiary alicyclic amines) is 1. The van der Waals surface area contributed by atoms with Crippen LogP contribution in [0.4, 0.5) is 0 Å². The van der Waals surface area contributed by atoms with Gasteiger partial charge in [0.05, 0.1) is 11.4 Å². The highest BCUT2D eigenvalue weighted by Gasteiger charge is 2.18. The molecular weight excluding hydrogens is 316 g/mol. The summed E-state index contributed by atoms with van der Waals surface area (Å²) in [5, 5.41) is 2.76. The predicted octanol–water partition coefficient (Wildman–Crippen LogP) is 1.11. The van der Waals surface area contributed by atoms with Gasteiger partial charge in [0.1, 0.15) is 0 Å². The summed E-state index contributed by atoms with van der Waals surface area (Å²) in [6.45, 7) is 1.03. The molecule has 0 atom stereocenters. The normalized spacial score (nSPS) is 16.0. The summed E-state index contributed by atoms with van der Waals surface area (Å²) in [6.07, 6.45) is 4.52. The highest BCUT2D eigenvalue weighted by atomic mass is 32.2. The van der Waals surface area contributed by atoms with Crippen molar-refractivity contribution in [1.29, 1.82) is 0 Å². The minimum absolute atomic E-state index is 0.0372. The highest BCUT2D eigenvalue weighted by Crippen LogP contribution is 2.11. The molecule has 1 aliphatic rings. The lowest BCUT2D eigenvalue weighted by Gasteiger charge is -2.19. The second kappa shape index (κ2) is 7.59. The molecule has 0 aromatic heterocycles. The van der Waals surface area contributed by atoms with Gasteiger partial charge in [0.15, 0.2) is 9.84 Å². The fourth-order valence-electron chi connectivity index (χ4n) is 2.49. The Morgan fingerprint density at radius 1 is 1.17 bits per heavy atom. The van der Waals surface area contributed by atoms with E-state index in [4.69, 9.17) is 0 Å². The van der Waals surface area contributed by atoms with Crippen LogP contribution in [-0.2, 0) is 26.0 Å². The van der Waals surface area contributed by atoms with Gasteiger partial charge in [-0.3, -0.25) is 9.59 Å². The highest BCUT2D eigenvalue weighted by molar-refractivity contribution is 7.90. The zero-order valence-corrected chi connectivity index (χ0v) is 14.1. The molecule has 1 aromatic rings. The van der Waals surface area contributed by atoms with Crippen molar-refractivity contribution in [1.82, 2.24) is 10.2 Å². The number of hydrogen-bond acceptors (Lipinski definition) is 4. The van der Waals surface area contributed by atoms with Crippen molar-refractivity contribution in [2.45, 2.75) is 37.1 Å². The SMILES string of the molecule is CS(=O)(=O)c1ccc(CNC(=O)CN2CCCCCC2=O)cc1. The molecule has 0 saturated carbocycles. The van der Waals surface area contributed by atoms with Crippen LogP contribution in [0.3, 0.4) is 0 Å². The van der Waals surface area contributed by atoms with Crippen LogP contribution >= 0.6 is 0 Å². The summed E-state index contributed by atoms with van der Waals surface area (Å²) in [6, 6.07) is 6.39. The topological polar surface area (TPSA) is 83.6 Å². The van der Waals surface area contributed by atoms with E-state index < -0.39 is 9.84 Å². The van der Waals surface area contributed by atoms with Crippen molar-refractivity contribution >= 4 is 21.7 Å². The molecule has 1 heterocycles. The Bertz CT molecular complexity index is 668. The fraction of sp³-hybridized carbons (Fsp3) is 0.500. The van der Waals surface area contributed by atoms with Crippen LogP contribution in [-0.4, -0.2) is 44.5 Å². The van der Waals surface area contributed by atoms with Crippen LogP contribution in [0.2, 0.25) is 0 Å².